The van der Waals surface area contributed by atoms with Crippen molar-refractivity contribution in [1.29, 1.82) is 0 Å². The molecule has 6 nitrogen and oxygen atoms in total. The van der Waals surface area contributed by atoms with Gasteiger partial charge in [-0.25, -0.2) is 0 Å². The second kappa shape index (κ2) is 8.90. The van der Waals surface area contributed by atoms with Crippen molar-refractivity contribution in [2.45, 2.75) is 19.2 Å². The van der Waals surface area contributed by atoms with Gasteiger partial charge in [0.1, 0.15) is 24.1 Å². The molecule has 1 atom stereocenters. The number of ether oxygens (including phenoxy) is 1. The first-order valence-electron chi connectivity index (χ1n) is 9.06. The molecule has 0 saturated carbocycles. The van der Waals surface area contributed by atoms with Crippen LogP contribution in [0, 0.1) is 0 Å². The van der Waals surface area contributed by atoms with E-state index in [-0.39, 0.29) is 6.61 Å². The van der Waals surface area contributed by atoms with Gasteiger partial charge in [0.15, 0.2) is 5.76 Å². The molecule has 3 aromatic rings. The number of thioether (sulfide) groups is 1. The van der Waals surface area contributed by atoms with Crippen LogP contribution in [0.1, 0.15) is 11.3 Å². The van der Waals surface area contributed by atoms with Crippen LogP contribution in [0.5, 0.6) is 5.75 Å². The van der Waals surface area contributed by atoms with E-state index in [9.17, 15) is 9.90 Å². The summed E-state index contributed by atoms with van der Waals surface area (Å²) >= 11 is 7.55. The average Bonchev–Trinajstić information content (AvgIpc) is 3.37. The molecule has 1 aliphatic rings. The van der Waals surface area contributed by atoms with E-state index in [2.05, 4.69) is 5.16 Å². The van der Waals surface area contributed by atoms with E-state index in [4.69, 9.17) is 20.9 Å². The van der Waals surface area contributed by atoms with Crippen LogP contribution < -0.4 is 4.74 Å². The van der Waals surface area contributed by atoms with Crippen molar-refractivity contribution in [3.63, 3.8) is 0 Å². The summed E-state index contributed by atoms with van der Waals surface area (Å²) < 4.78 is 11.2. The maximum atomic E-state index is 11.3. The van der Waals surface area contributed by atoms with Gasteiger partial charge in [0.2, 0.25) is 0 Å². The zero-order chi connectivity index (χ0) is 20.2. The third-order valence-corrected chi connectivity index (χ3v) is 5.94. The predicted molar refractivity (Wildman–Crippen MR) is 112 cm³/mol. The van der Waals surface area contributed by atoms with Crippen molar-refractivity contribution >= 4 is 29.3 Å². The van der Waals surface area contributed by atoms with Gasteiger partial charge < -0.3 is 14.4 Å². The molecule has 150 valence electrons. The Labute approximate surface area is 177 Å². The molecule has 0 bridgehead atoms. The number of nitrogens with zero attached hydrogens (tertiary/aromatic N) is 2. The van der Waals surface area contributed by atoms with Crippen LogP contribution in [0.3, 0.4) is 0 Å². The van der Waals surface area contributed by atoms with Gasteiger partial charge in [-0.2, -0.15) is 0 Å². The zero-order valence-corrected chi connectivity index (χ0v) is 17.0. The Morgan fingerprint density at radius 3 is 2.90 bits per heavy atom. The summed E-state index contributed by atoms with van der Waals surface area (Å²) in [6.45, 7) is 0.825. The number of aliphatic carboxylic acids is 1. The van der Waals surface area contributed by atoms with E-state index in [0.717, 1.165) is 16.8 Å². The number of aromatic nitrogens is 1. The number of hydrogen-bond acceptors (Lipinski definition) is 6. The lowest BCUT2D eigenvalue weighted by molar-refractivity contribution is -0.141. The molecule has 8 heteroatoms. The van der Waals surface area contributed by atoms with Crippen molar-refractivity contribution in [2.24, 2.45) is 0 Å². The van der Waals surface area contributed by atoms with Crippen LogP contribution in [0.15, 0.2) is 59.1 Å². The highest BCUT2D eigenvalue weighted by Crippen LogP contribution is 2.25. The fraction of sp³-hybridized carbons (Fsp3) is 0.238. The molecular weight excluding hydrogens is 412 g/mol. The molecule has 29 heavy (non-hydrogen) atoms. The van der Waals surface area contributed by atoms with Crippen LogP contribution >= 0.6 is 23.4 Å². The van der Waals surface area contributed by atoms with E-state index in [1.54, 1.807) is 23.9 Å². The normalized spacial score (nSPS) is 16.8. The van der Waals surface area contributed by atoms with Crippen LogP contribution in [0.2, 0.25) is 5.02 Å². The molecule has 0 aliphatic carbocycles. The number of rotatable bonds is 7. The Morgan fingerprint density at radius 2 is 2.10 bits per heavy atom. The highest BCUT2D eigenvalue weighted by Gasteiger charge is 2.30. The minimum atomic E-state index is -0.774. The molecule has 1 aromatic heterocycles. The molecule has 0 radical (unpaired) electrons. The van der Waals surface area contributed by atoms with Crippen LogP contribution in [-0.4, -0.2) is 38.8 Å². The fourth-order valence-electron chi connectivity index (χ4n) is 3.12. The molecule has 1 N–H and O–H groups in total. The van der Waals surface area contributed by atoms with Crippen molar-refractivity contribution in [1.82, 2.24) is 10.1 Å². The topological polar surface area (TPSA) is 75.8 Å². The summed E-state index contributed by atoms with van der Waals surface area (Å²) in [6, 6.07) is 16.5. The number of benzene rings is 2. The molecule has 0 spiro atoms. The van der Waals surface area contributed by atoms with Gasteiger partial charge in [-0.1, -0.05) is 41.0 Å². The number of carboxylic acid groups (broad SMARTS) is 1. The molecular formula is C21H19ClN2O4S. The number of halogens is 1. The molecule has 4 rings (SSSR count). The van der Waals surface area contributed by atoms with Gasteiger partial charge in [-0.15, -0.1) is 11.8 Å². The van der Waals surface area contributed by atoms with E-state index in [0.29, 0.717) is 34.7 Å². The lowest BCUT2D eigenvalue weighted by atomic mass is 10.1. The average molecular weight is 431 g/mol. The van der Waals surface area contributed by atoms with E-state index >= 15 is 0 Å². The molecule has 2 heterocycles. The lowest BCUT2D eigenvalue weighted by Crippen LogP contribution is -2.37. The number of hydrogen-bond donors (Lipinski definition) is 1. The molecule has 2 aromatic carbocycles. The quantitative estimate of drug-likeness (QED) is 0.589. The Morgan fingerprint density at radius 1 is 1.28 bits per heavy atom. The van der Waals surface area contributed by atoms with Crippen molar-refractivity contribution < 1.29 is 19.2 Å². The highest BCUT2D eigenvalue weighted by atomic mass is 35.5. The monoisotopic (exact) mass is 430 g/mol. The molecule has 1 unspecified atom stereocenters. The first-order chi connectivity index (χ1) is 14.1. The lowest BCUT2D eigenvalue weighted by Gasteiger charge is -2.20. The predicted octanol–water partition coefficient (Wildman–Crippen LogP) is 4.53. The van der Waals surface area contributed by atoms with Gasteiger partial charge in [0, 0.05) is 34.8 Å². The SMILES string of the molecule is O=C(O)C1CSCN1Cc1cccc(OCc2cc(-c3ccc(Cl)cc3)no2)c1. The van der Waals surface area contributed by atoms with Gasteiger partial charge in [-0.3, -0.25) is 9.69 Å². The number of carbonyl (C=O) groups is 1. The van der Waals surface area contributed by atoms with Gasteiger partial charge in [-0.05, 0) is 29.8 Å². The third-order valence-electron chi connectivity index (χ3n) is 4.62. The standard InChI is InChI=1S/C21H19ClN2O4S/c22-16-6-4-15(5-7-16)19-9-18(28-23-19)11-27-17-3-1-2-14(8-17)10-24-13-29-12-20(24)21(25)26/h1-9,20H,10-13H2,(H,25,26). The van der Waals surface area contributed by atoms with Gasteiger partial charge in [0.05, 0.1) is 0 Å². The van der Waals surface area contributed by atoms with Crippen molar-refractivity contribution in [3.8, 4) is 17.0 Å². The number of carboxylic acids is 1. The van der Waals surface area contributed by atoms with Gasteiger partial charge in [0.25, 0.3) is 0 Å². The molecule has 1 aliphatic heterocycles. The minimum absolute atomic E-state index is 0.251. The smallest absolute Gasteiger partial charge is 0.321 e. The first-order valence-corrected chi connectivity index (χ1v) is 10.6. The van der Waals surface area contributed by atoms with Crippen molar-refractivity contribution in [3.05, 3.63) is 70.9 Å². The summed E-state index contributed by atoms with van der Waals surface area (Å²) in [5, 5.41) is 14.1. The Hall–Kier alpha value is -2.48. The first kappa shape index (κ1) is 19.8. The van der Waals surface area contributed by atoms with Crippen LogP contribution in [-0.2, 0) is 17.9 Å². The van der Waals surface area contributed by atoms with Crippen molar-refractivity contribution in [2.75, 3.05) is 11.6 Å². The Kier molecular flexibility index (Phi) is 6.08. The summed E-state index contributed by atoms with van der Waals surface area (Å²) in [5.74, 6) is 1.87. The molecule has 1 saturated heterocycles. The summed E-state index contributed by atoms with van der Waals surface area (Å²) in [7, 11) is 0. The maximum Gasteiger partial charge on any atom is 0.321 e. The highest BCUT2D eigenvalue weighted by molar-refractivity contribution is 7.99. The van der Waals surface area contributed by atoms with E-state index in [1.165, 1.54) is 0 Å². The van der Waals surface area contributed by atoms with Crippen LogP contribution in [0.4, 0.5) is 0 Å². The zero-order valence-electron chi connectivity index (χ0n) is 15.5. The largest absolute Gasteiger partial charge is 0.486 e. The molecule has 0 amide bonds. The molecule has 1 fully saturated rings. The second-order valence-corrected chi connectivity index (χ2v) is 8.16. The summed E-state index contributed by atoms with van der Waals surface area (Å²) in [4.78, 5) is 13.3. The van der Waals surface area contributed by atoms with Gasteiger partial charge >= 0.3 is 5.97 Å². The maximum absolute atomic E-state index is 11.3. The minimum Gasteiger partial charge on any atom is -0.486 e. The van der Waals surface area contributed by atoms with E-state index in [1.807, 2.05) is 47.4 Å². The fourth-order valence-corrected chi connectivity index (χ4v) is 4.43. The Bertz CT molecular complexity index is 992. The summed E-state index contributed by atoms with van der Waals surface area (Å²) in [5.41, 5.74) is 2.65. The van der Waals surface area contributed by atoms with Crippen LogP contribution in [0.25, 0.3) is 11.3 Å². The Balaban J connectivity index is 1.37. The second-order valence-electron chi connectivity index (χ2n) is 6.72. The summed E-state index contributed by atoms with van der Waals surface area (Å²) in [6.07, 6.45) is 0. The third kappa shape index (κ3) is 4.93. The van der Waals surface area contributed by atoms with E-state index < -0.39 is 12.0 Å².